The minimum atomic E-state index is -4.52. The van der Waals surface area contributed by atoms with Gasteiger partial charge in [0.15, 0.2) is 0 Å². The molecule has 1 fully saturated rings. The van der Waals surface area contributed by atoms with Crippen LogP contribution in [-0.2, 0) is 28.6 Å². The van der Waals surface area contributed by atoms with E-state index in [9.17, 15) is 22.8 Å². The van der Waals surface area contributed by atoms with Crippen molar-refractivity contribution in [2.45, 2.75) is 19.0 Å². The Morgan fingerprint density at radius 2 is 1.59 bits per heavy atom. The van der Waals surface area contributed by atoms with Gasteiger partial charge in [-0.15, -0.1) is 0 Å². The van der Waals surface area contributed by atoms with Crippen LogP contribution in [0.2, 0.25) is 0 Å². The monoisotopic (exact) mass is 376 g/mol. The second-order valence-corrected chi connectivity index (χ2v) is 6.89. The first-order valence-corrected chi connectivity index (χ1v) is 8.48. The van der Waals surface area contributed by atoms with Crippen LogP contribution < -0.4 is 5.73 Å². The van der Waals surface area contributed by atoms with Crippen LogP contribution in [-0.4, -0.2) is 29.8 Å². The van der Waals surface area contributed by atoms with Gasteiger partial charge in [0.2, 0.25) is 11.8 Å². The highest BCUT2D eigenvalue weighted by atomic mass is 19.4. The molecule has 0 aromatic heterocycles. The molecule has 2 aromatic rings. The van der Waals surface area contributed by atoms with Crippen LogP contribution in [0.1, 0.15) is 16.7 Å². The molecule has 1 saturated heterocycles. The largest absolute Gasteiger partial charge is 0.416 e. The molecule has 142 valence electrons. The number of hydrogen-bond acceptors (Lipinski definition) is 2. The molecule has 2 N–H and O–H groups in total. The number of nitrogens with zero attached hydrogens (tertiary/aromatic N) is 1. The number of primary amides is 1. The lowest BCUT2D eigenvalue weighted by Gasteiger charge is -2.48. The van der Waals surface area contributed by atoms with Crippen molar-refractivity contribution in [3.8, 4) is 0 Å². The van der Waals surface area contributed by atoms with Crippen molar-refractivity contribution in [2.24, 2.45) is 11.1 Å². The highest BCUT2D eigenvalue weighted by Crippen LogP contribution is 2.36. The SMILES string of the molecule is NC(=O)C1(Cc2ccccc2)CN(C(=O)Cc2ccccc2C(F)(F)F)C1. The van der Waals surface area contributed by atoms with Crippen molar-refractivity contribution in [3.05, 3.63) is 71.3 Å². The van der Waals surface area contributed by atoms with E-state index in [1.54, 1.807) is 0 Å². The van der Waals surface area contributed by atoms with Gasteiger partial charge in [0.1, 0.15) is 0 Å². The molecule has 1 aliphatic rings. The van der Waals surface area contributed by atoms with E-state index in [1.165, 1.54) is 23.1 Å². The maximum absolute atomic E-state index is 13.1. The Bertz CT molecular complexity index is 844. The third kappa shape index (κ3) is 3.97. The Hall–Kier alpha value is -2.83. The highest BCUT2D eigenvalue weighted by Gasteiger charge is 2.49. The van der Waals surface area contributed by atoms with E-state index >= 15 is 0 Å². The lowest BCUT2D eigenvalue weighted by atomic mass is 9.74. The molecule has 2 aromatic carbocycles. The summed E-state index contributed by atoms with van der Waals surface area (Å²) in [6, 6.07) is 14.3. The third-order valence-corrected chi connectivity index (χ3v) is 4.91. The van der Waals surface area contributed by atoms with Gasteiger partial charge >= 0.3 is 6.18 Å². The predicted molar refractivity (Wildman–Crippen MR) is 93.5 cm³/mol. The maximum atomic E-state index is 13.1. The molecule has 7 heteroatoms. The summed E-state index contributed by atoms with van der Waals surface area (Å²) in [5, 5.41) is 0. The fourth-order valence-corrected chi connectivity index (χ4v) is 3.43. The lowest BCUT2D eigenvalue weighted by Crippen LogP contribution is -2.65. The Morgan fingerprint density at radius 3 is 2.19 bits per heavy atom. The zero-order valence-corrected chi connectivity index (χ0v) is 14.5. The van der Waals surface area contributed by atoms with Gasteiger partial charge in [-0.1, -0.05) is 48.5 Å². The van der Waals surface area contributed by atoms with Gasteiger partial charge < -0.3 is 10.6 Å². The number of amides is 2. The first-order valence-electron chi connectivity index (χ1n) is 8.48. The van der Waals surface area contributed by atoms with Crippen molar-refractivity contribution >= 4 is 11.8 Å². The van der Waals surface area contributed by atoms with E-state index < -0.39 is 29.0 Å². The van der Waals surface area contributed by atoms with Crippen LogP contribution in [0.15, 0.2) is 54.6 Å². The number of halogens is 3. The molecular weight excluding hydrogens is 357 g/mol. The number of carbonyl (C=O) groups excluding carboxylic acids is 2. The van der Waals surface area contributed by atoms with Gasteiger partial charge in [0, 0.05) is 13.1 Å². The number of likely N-dealkylation sites (tertiary alicyclic amines) is 1. The Kier molecular flexibility index (Phi) is 4.95. The summed E-state index contributed by atoms with van der Waals surface area (Å²) in [5.74, 6) is -0.956. The normalized spacial score (nSPS) is 15.9. The molecular formula is C20H19F3N2O2. The van der Waals surface area contributed by atoms with Crippen LogP contribution in [0.5, 0.6) is 0 Å². The van der Waals surface area contributed by atoms with Crippen molar-refractivity contribution in [3.63, 3.8) is 0 Å². The summed E-state index contributed by atoms with van der Waals surface area (Å²) in [6.07, 6.45) is -4.49. The molecule has 0 unspecified atom stereocenters. The van der Waals surface area contributed by atoms with E-state index in [-0.39, 0.29) is 25.1 Å². The molecule has 4 nitrogen and oxygen atoms in total. The Balaban J connectivity index is 1.70. The van der Waals surface area contributed by atoms with Crippen LogP contribution in [0, 0.1) is 5.41 Å². The van der Waals surface area contributed by atoms with E-state index in [2.05, 4.69) is 0 Å². The number of nitrogens with two attached hydrogens (primary N) is 1. The van der Waals surface area contributed by atoms with Crippen LogP contribution in [0.4, 0.5) is 13.2 Å². The second-order valence-electron chi connectivity index (χ2n) is 6.89. The number of benzene rings is 2. The smallest absolute Gasteiger partial charge is 0.369 e. The van der Waals surface area contributed by atoms with Crippen LogP contribution in [0.25, 0.3) is 0 Å². The van der Waals surface area contributed by atoms with Crippen LogP contribution >= 0.6 is 0 Å². The number of rotatable bonds is 5. The summed E-state index contributed by atoms with van der Waals surface area (Å²) in [6.45, 7) is 0.231. The highest BCUT2D eigenvalue weighted by molar-refractivity contribution is 5.87. The minimum absolute atomic E-state index is 0.0744. The molecule has 2 amide bonds. The maximum Gasteiger partial charge on any atom is 0.416 e. The molecule has 3 rings (SSSR count). The number of alkyl halides is 3. The summed E-state index contributed by atoms with van der Waals surface area (Å²) in [4.78, 5) is 25.8. The van der Waals surface area contributed by atoms with E-state index in [0.29, 0.717) is 6.42 Å². The van der Waals surface area contributed by atoms with Crippen molar-refractivity contribution in [2.75, 3.05) is 13.1 Å². The van der Waals surface area contributed by atoms with E-state index in [0.717, 1.165) is 11.6 Å². The van der Waals surface area contributed by atoms with E-state index in [4.69, 9.17) is 5.73 Å². The molecule has 27 heavy (non-hydrogen) atoms. The summed E-state index contributed by atoms with van der Waals surface area (Å²) < 4.78 is 39.2. The van der Waals surface area contributed by atoms with Crippen molar-refractivity contribution in [1.29, 1.82) is 0 Å². The standard InChI is InChI=1S/C20H19F3N2O2/c21-20(22,23)16-9-5-4-8-15(16)10-17(26)25-12-19(13-25,18(24)27)11-14-6-2-1-3-7-14/h1-9H,10-13H2,(H2,24,27). The second kappa shape index (κ2) is 7.06. The Labute approximate surface area is 154 Å². The number of hydrogen-bond donors (Lipinski definition) is 1. The van der Waals surface area contributed by atoms with Crippen molar-refractivity contribution in [1.82, 2.24) is 4.90 Å². The number of carbonyl (C=O) groups is 2. The topological polar surface area (TPSA) is 63.4 Å². The molecule has 0 radical (unpaired) electrons. The molecule has 0 saturated carbocycles. The predicted octanol–water partition coefficient (Wildman–Crippen LogP) is 2.80. The molecule has 1 heterocycles. The summed E-state index contributed by atoms with van der Waals surface area (Å²) in [7, 11) is 0. The molecule has 0 atom stereocenters. The fourth-order valence-electron chi connectivity index (χ4n) is 3.43. The molecule has 1 aliphatic heterocycles. The van der Waals surface area contributed by atoms with Gasteiger partial charge in [-0.25, -0.2) is 0 Å². The van der Waals surface area contributed by atoms with Crippen LogP contribution in [0.3, 0.4) is 0 Å². The van der Waals surface area contributed by atoms with Gasteiger partial charge in [0.05, 0.1) is 17.4 Å². The minimum Gasteiger partial charge on any atom is -0.369 e. The molecule has 0 aliphatic carbocycles. The first kappa shape index (κ1) is 18.9. The zero-order chi connectivity index (χ0) is 19.7. The van der Waals surface area contributed by atoms with Gasteiger partial charge in [-0.3, -0.25) is 9.59 Å². The fraction of sp³-hybridized carbons (Fsp3) is 0.300. The molecule has 0 bridgehead atoms. The summed E-state index contributed by atoms with van der Waals surface area (Å²) >= 11 is 0. The van der Waals surface area contributed by atoms with E-state index in [1.807, 2.05) is 30.3 Å². The quantitative estimate of drug-likeness (QED) is 0.872. The van der Waals surface area contributed by atoms with Gasteiger partial charge in [-0.2, -0.15) is 13.2 Å². The zero-order valence-electron chi connectivity index (χ0n) is 14.5. The van der Waals surface area contributed by atoms with Gasteiger partial charge in [-0.05, 0) is 23.6 Å². The molecule has 0 spiro atoms. The average molecular weight is 376 g/mol. The average Bonchev–Trinajstić information content (AvgIpc) is 2.57. The lowest BCUT2D eigenvalue weighted by molar-refractivity contribution is -0.151. The van der Waals surface area contributed by atoms with Crippen molar-refractivity contribution < 1.29 is 22.8 Å². The van der Waals surface area contributed by atoms with Gasteiger partial charge in [0.25, 0.3) is 0 Å². The third-order valence-electron chi connectivity index (χ3n) is 4.91. The Morgan fingerprint density at radius 1 is 1.00 bits per heavy atom. The summed E-state index contributed by atoms with van der Waals surface area (Å²) in [5.41, 5.74) is 4.71. The first-order chi connectivity index (χ1) is 12.7.